The Hall–Kier alpha value is -2.18. The Kier molecular flexibility index (Phi) is 5.44. The SMILES string of the molecule is CC(C)(C)OC(=O)c1cnc(N2CCC(C(=O)N3CCCC3)CC2)cn1. The van der Waals surface area contributed by atoms with Crippen molar-refractivity contribution in [1.29, 1.82) is 0 Å². The van der Waals surface area contributed by atoms with Crippen molar-refractivity contribution in [2.75, 3.05) is 31.1 Å². The molecule has 2 aliphatic heterocycles. The monoisotopic (exact) mass is 360 g/mol. The molecule has 3 heterocycles. The molecule has 0 aliphatic carbocycles. The van der Waals surface area contributed by atoms with Gasteiger partial charge in [0, 0.05) is 32.1 Å². The van der Waals surface area contributed by atoms with Gasteiger partial charge < -0.3 is 14.5 Å². The number of nitrogens with zero attached hydrogens (tertiary/aromatic N) is 4. The number of amides is 1. The molecule has 0 spiro atoms. The van der Waals surface area contributed by atoms with Crippen LogP contribution in [0.5, 0.6) is 0 Å². The lowest BCUT2D eigenvalue weighted by molar-refractivity contribution is -0.135. The quantitative estimate of drug-likeness (QED) is 0.770. The number of rotatable bonds is 3. The molecule has 0 saturated carbocycles. The number of hydrogen-bond donors (Lipinski definition) is 0. The van der Waals surface area contributed by atoms with Crippen molar-refractivity contribution in [1.82, 2.24) is 14.9 Å². The van der Waals surface area contributed by atoms with E-state index in [0.717, 1.165) is 57.7 Å². The summed E-state index contributed by atoms with van der Waals surface area (Å²) in [6, 6.07) is 0. The number of hydrogen-bond acceptors (Lipinski definition) is 6. The van der Waals surface area contributed by atoms with Crippen molar-refractivity contribution in [2.45, 2.75) is 52.1 Å². The minimum absolute atomic E-state index is 0.123. The van der Waals surface area contributed by atoms with E-state index in [9.17, 15) is 9.59 Å². The molecule has 7 heteroatoms. The third-order valence-corrected chi connectivity index (χ3v) is 4.83. The number of anilines is 1. The van der Waals surface area contributed by atoms with Gasteiger partial charge in [-0.15, -0.1) is 0 Å². The highest BCUT2D eigenvalue weighted by atomic mass is 16.6. The van der Waals surface area contributed by atoms with E-state index in [1.165, 1.54) is 6.20 Å². The molecular formula is C19H28N4O3. The van der Waals surface area contributed by atoms with Crippen LogP contribution >= 0.6 is 0 Å². The summed E-state index contributed by atoms with van der Waals surface area (Å²) in [5, 5.41) is 0. The summed E-state index contributed by atoms with van der Waals surface area (Å²) in [6.07, 6.45) is 7.01. The molecular weight excluding hydrogens is 332 g/mol. The van der Waals surface area contributed by atoms with E-state index in [4.69, 9.17) is 4.74 Å². The van der Waals surface area contributed by atoms with E-state index in [1.54, 1.807) is 6.20 Å². The fraction of sp³-hybridized carbons (Fsp3) is 0.684. The second-order valence-corrected chi connectivity index (χ2v) is 8.06. The topological polar surface area (TPSA) is 75.6 Å². The Morgan fingerprint density at radius 2 is 1.69 bits per heavy atom. The van der Waals surface area contributed by atoms with Crippen LogP contribution in [0.3, 0.4) is 0 Å². The minimum atomic E-state index is -0.554. The highest BCUT2D eigenvalue weighted by Crippen LogP contribution is 2.24. The Morgan fingerprint density at radius 3 is 2.23 bits per heavy atom. The summed E-state index contributed by atoms with van der Waals surface area (Å²) < 4.78 is 5.30. The fourth-order valence-electron chi connectivity index (χ4n) is 3.47. The largest absolute Gasteiger partial charge is 0.455 e. The lowest BCUT2D eigenvalue weighted by Crippen LogP contribution is -2.42. The molecule has 7 nitrogen and oxygen atoms in total. The zero-order valence-electron chi connectivity index (χ0n) is 15.9. The van der Waals surface area contributed by atoms with E-state index < -0.39 is 11.6 Å². The average molecular weight is 360 g/mol. The maximum atomic E-state index is 12.5. The Balaban J connectivity index is 1.54. The highest BCUT2D eigenvalue weighted by Gasteiger charge is 2.30. The van der Waals surface area contributed by atoms with Crippen LogP contribution < -0.4 is 4.90 Å². The zero-order valence-corrected chi connectivity index (χ0v) is 15.9. The molecule has 2 saturated heterocycles. The van der Waals surface area contributed by atoms with E-state index >= 15 is 0 Å². The summed E-state index contributed by atoms with van der Waals surface area (Å²) in [5.41, 5.74) is -0.343. The van der Waals surface area contributed by atoms with Crippen LogP contribution in [0.1, 0.15) is 56.9 Å². The number of aromatic nitrogens is 2. The molecule has 2 fully saturated rings. The standard InChI is InChI=1S/C19H28N4O3/c1-19(2,3)26-18(25)15-12-21-16(13-20-15)22-10-6-14(7-11-22)17(24)23-8-4-5-9-23/h12-14H,4-11H2,1-3H3. The van der Waals surface area contributed by atoms with Crippen LogP contribution in [0.4, 0.5) is 5.82 Å². The molecule has 1 amide bonds. The normalized spacial score (nSPS) is 18.9. The number of piperidine rings is 1. The van der Waals surface area contributed by atoms with Crippen LogP contribution in [0.2, 0.25) is 0 Å². The van der Waals surface area contributed by atoms with Gasteiger partial charge in [0.1, 0.15) is 11.4 Å². The molecule has 0 radical (unpaired) electrons. The molecule has 26 heavy (non-hydrogen) atoms. The molecule has 0 N–H and O–H groups in total. The fourth-order valence-corrected chi connectivity index (χ4v) is 3.47. The maximum absolute atomic E-state index is 12.5. The van der Waals surface area contributed by atoms with Crippen molar-refractivity contribution in [2.24, 2.45) is 5.92 Å². The maximum Gasteiger partial charge on any atom is 0.359 e. The molecule has 2 aliphatic rings. The third-order valence-electron chi connectivity index (χ3n) is 4.83. The number of ether oxygens (including phenoxy) is 1. The first kappa shape index (κ1) is 18.6. The van der Waals surface area contributed by atoms with Gasteiger partial charge >= 0.3 is 5.97 Å². The Labute approximate surface area is 154 Å². The van der Waals surface area contributed by atoms with Gasteiger partial charge in [-0.1, -0.05) is 0 Å². The van der Waals surface area contributed by atoms with Gasteiger partial charge in [0.05, 0.1) is 12.4 Å². The molecule has 0 bridgehead atoms. The van der Waals surface area contributed by atoms with Crippen molar-refractivity contribution >= 4 is 17.7 Å². The highest BCUT2D eigenvalue weighted by molar-refractivity contribution is 5.87. The molecule has 0 aromatic carbocycles. The summed E-state index contributed by atoms with van der Waals surface area (Å²) in [4.78, 5) is 37.2. The van der Waals surface area contributed by atoms with Gasteiger partial charge in [-0.2, -0.15) is 0 Å². The number of carbonyl (C=O) groups is 2. The van der Waals surface area contributed by atoms with E-state index in [1.807, 2.05) is 25.7 Å². The Bertz CT molecular complexity index is 640. The predicted molar refractivity (Wildman–Crippen MR) is 98.0 cm³/mol. The zero-order chi connectivity index (χ0) is 18.7. The molecule has 3 rings (SSSR count). The predicted octanol–water partition coefficient (Wildman–Crippen LogP) is 2.27. The second kappa shape index (κ2) is 7.60. The van der Waals surface area contributed by atoms with Gasteiger partial charge in [-0.25, -0.2) is 14.8 Å². The minimum Gasteiger partial charge on any atom is -0.455 e. The van der Waals surface area contributed by atoms with Crippen LogP contribution in [0, 0.1) is 5.92 Å². The van der Waals surface area contributed by atoms with Crippen molar-refractivity contribution in [3.05, 3.63) is 18.1 Å². The first-order chi connectivity index (χ1) is 12.3. The van der Waals surface area contributed by atoms with Gasteiger partial charge in [0.2, 0.25) is 5.91 Å². The molecule has 0 unspecified atom stereocenters. The van der Waals surface area contributed by atoms with Gasteiger partial charge in [0.15, 0.2) is 5.69 Å². The summed E-state index contributed by atoms with van der Waals surface area (Å²) in [6.45, 7) is 8.85. The smallest absolute Gasteiger partial charge is 0.359 e. The van der Waals surface area contributed by atoms with Crippen molar-refractivity contribution < 1.29 is 14.3 Å². The van der Waals surface area contributed by atoms with E-state index in [-0.39, 0.29) is 11.6 Å². The average Bonchev–Trinajstić information content (AvgIpc) is 3.14. The van der Waals surface area contributed by atoms with Gasteiger partial charge in [-0.3, -0.25) is 4.79 Å². The first-order valence-electron chi connectivity index (χ1n) is 9.42. The van der Waals surface area contributed by atoms with Gasteiger partial charge in [0.25, 0.3) is 0 Å². The molecule has 1 aromatic rings. The molecule has 142 valence electrons. The van der Waals surface area contributed by atoms with Crippen LogP contribution in [0.25, 0.3) is 0 Å². The number of carbonyl (C=O) groups excluding carboxylic acids is 2. The van der Waals surface area contributed by atoms with E-state index in [0.29, 0.717) is 5.91 Å². The number of esters is 1. The van der Waals surface area contributed by atoms with Crippen LogP contribution in [-0.2, 0) is 9.53 Å². The third kappa shape index (κ3) is 4.51. The van der Waals surface area contributed by atoms with Gasteiger partial charge in [-0.05, 0) is 46.5 Å². The lowest BCUT2D eigenvalue weighted by atomic mass is 9.95. The number of likely N-dealkylation sites (tertiary alicyclic amines) is 1. The van der Waals surface area contributed by atoms with E-state index in [2.05, 4.69) is 14.9 Å². The second-order valence-electron chi connectivity index (χ2n) is 8.06. The van der Waals surface area contributed by atoms with Crippen LogP contribution in [0.15, 0.2) is 12.4 Å². The molecule has 1 aromatic heterocycles. The summed E-state index contributed by atoms with van der Waals surface area (Å²) in [7, 11) is 0. The summed E-state index contributed by atoms with van der Waals surface area (Å²) in [5.74, 6) is 0.711. The lowest BCUT2D eigenvalue weighted by Gasteiger charge is -2.33. The Morgan fingerprint density at radius 1 is 1.04 bits per heavy atom. The first-order valence-corrected chi connectivity index (χ1v) is 9.42. The van der Waals surface area contributed by atoms with Crippen molar-refractivity contribution in [3.63, 3.8) is 0 Å². The van der Waals surface area contributed by atoms with Crippen LogP contribution in [-0.4, -0.2) is 58.5 Å². The van der Waals surface area contributed by atoms with Crippen molar-refractivity contribution in [3.8, 4) is 0 Å². The molecule has 0 atom stereocenters. The summed E-state index contributed by atoms with van der Waals surface area (Å²) >= 11 is 0.